The number of aromatic nitrogens is 2. The van der Waals surface area contributed by atoms with Crippen LogP contribution in [0.3, 0.4) is 0 Å². The molecular weight excluding hydrogens is 351 g/mol. The maximum atomic E-state index is 13.9. The normalized spacial score (nSPS) is 17.6. The summed E-state index contributed by atoms with van der Waals surface area (Å²) in [6, 6.07) is 3.29. The average Bonchev–Trinajstić information content (AvgIpc) is 3.25. The number of hydrogen-bond donors (Lipinski definition) is 2. The maximum absolute atomic E-state index is 13.9. The fourth-order valence-electron chi connectivity index (χ4n) is 3.00. The van der Waals surface area contributed by atoms with E-state index in [1.807, 2.05) is 18.7 Å². The Kier molecular flexibility index (Phi) is 6.38. The Morgan fingerprint density at radius 2 is 2.38 bits per heavy atom. The zero-order valence-electron chi connectivity index (χ0n) is 15.2. The third-order valence-electron chi connectivity index (χ3n) is 4.22. The van der Waals surface area contributed by atoms with Crippen LogP contribution < -0.4 is 15.5 Å². The molecule has 26 heavy (non-hydrogen) atoms. The van der Waals surface area contributed by atoms with Crippen molar-refractivity contribution in [2.75, 3.05) is 31.1 Å². The van der Waals surface area contributed by atoms with Gasteiger partial charge in [0, 0.05) is 50.2 Å². The third kappa shape index (κ3) is 4.91. The van der Waals surface area contributed by atoms with E-state index in [0.717, 1.165) is 42.6 Å². The van der Waals surface area contributed by atoms with E-state index in [1.54, 1.807) is 23.6 Å². The van der Waals surface area contributed by atoms with Crippen LogP contribution in [0, 0.1) is 12.7 Å². The van der Waals surface area contributed by atoms with Crippen LogP contribution in [0.5, 0.6) is 0 Å². The van der Waals surface area contributed by atoms with E-state index >= 15 is 0 Å². The molecule has 0 aliphatic carbocycles. The van der Waals surface area contributed by atoms with Crippen LogP contribution in [0.2, 0.25) is 0 Å². The number of pyridine rings is 1. The molecule has 1 fully saturated rings. The summed E-state index contributed by atoms with van der Waals surface area (Å²) in [5.41, 5.74) is 1.09. The molecule has 1 saturated heterocycles. The molecule has 140 valence electrons. The molecule has 1 aliphatic heterocycles. The highest BCUT2D eigenvalue weighted by Gasteiger charge is 2.25. The molecule has 1 unspecified atom stereocenters. The molecule has 1 atom stereocenters. The number of guanidine groups is 1. The number of aryl methyl sites for hydroxylation is 1. The van der Waals surface area contributed by atoms with Gasteiger partial charge in [-0.25, -0.2) is 14.4 Å². The van der Waals surface area contributed by atoms with Gasteiger partial charge in [-0.3, -0.25) is 4.99 Å². The Morgan fingerprint density at radius 3 is 3.12 bits per heavy atom. The minimum atomic E-state index is -0.271. The number of thiazole rings is 1. The van der Waals surface area contributed by atoms with Crippen LogP contribution in [0.15, 0.2) is 28.7 Å². The summed E-state index contributed by atoms with van der Waals surface area (Å²) in [5, 5.41) is 9.91. The fourth-order valence-corrected chi connectivity index (χ4v) is 3.65. The summed E-state index contributed by atoms with van der Waals surface area (Å²) < 4.78 is 13.9. The first-order chi connectivity index (χ1) is 12.7. The lowest BCUT2D eigenvalue weighted by Crippen LogP contribution is -2.44. The minimum absolute atomic E-state index is 0.218. The van der Waals surface area contributed by atoms with Crippen molar-refractivity contribution < 1.29 is 4.39 Å². The molecule has 0 aromatic carbocycles. The van der Waals surface area contributed by atoms with E-state index in [9.17, 15) is 4.39 Å². The highest BCUT2D eigenvalue weighted by Crippen LogP contribution is 2.20. The van der Waals surface area contributed by atoms with E-state index in [2.05, 4.69) is 31.0 Å². The minimum Gasteiger partial charge on any atom is -0.357 e. The molecule has 3 heterocycles. The van der Waals surface area contributed by atoms with Crippen LogP contribution in [-0.4, -0.2) is 48.1 Å². The predicted molar refractivity (Wildman–Crippen MR) is 104 cm³/mol. The quantitative estimate of drug-likeness (QED) is 0.599. The van der Waals surface area contributed by atoms with Gasteiger partial charge < -0.3 is 15.5 Å². The molecule has 6 nitrogen and oxygen atoms in total. The molecule has 1 aliphatic rings. The van der Waals surface area contributed by atoms with Gasteiger partial charge in [0.1, 0.15) is 0 Å². The average molecular weight is 377 g/mol. The molecule has 3 rings (SSSR count). The SMILES string of the molecule is CCNC(=NCCc1csc(C)n1)NC1CCN(c2ncccc2F)C1. The number of rotatable bonds is 6. The predicted octanol–water partition coefficient (Wildman–Crippen LogP) is 2.36. The van der Waals surface area contributed by atoms with Crippen molar-refractivity contribution in [3.8, 4) is 0 Å². The lowest BCUT2D eigenvalue weighted by Gasteiger charge is -2.19. The zero-order valence-corrected chi connectivity index (χ0v) is 16.0. The zero-order chi connectivity index (χ0) is 18.4. The summed E-state index contributed by atoms with van der Waals surface area (Å²) >= 11 is 1.67. The Bertz CT molecular complexity index is 747. The van der Waals surface area contributed by atoms with Crippen molar-refractivity contribution >= 4 is 23.1 Å². The smallest absolute Gasteiger partial charge is 0.191 e. The van der Waals surface area contributed by atoms with E-state index in [1.165, 1.54) is 6.07 Å². The van der Waals surface area contributed by atoms with Crippen LogP contribution in [0.1, 0.15) is 24.0 Å². The monoisotopic (exact) mass is 376 g/mol. The first-order valence-corrected chi connectivity index (χ1v) is 9.85. The highest BCUT2D eigenvalue weighted by atomic mass is 32.1. The Hall–Kier alpha value is -2.22. The standard InChI is InChI=1S/C18H25FN6S/c1-3-20-18(22-9-6-15-12-26-13(2)23-15)24-14-7-10-25(11-14)17-16(19)5-4-8-21-17/h4-5,8,12,14H,3,6-7,9-11H2,1-2H3,(H2,20,22,24). The van der Waals surface area contributed by atoms with Gasteiger partial charge in [0.25, 0.3) is 0 Å². The van der Waals surface area contributed by atoms with Gasteiger partial charge in [-0.15, -0.1) is 11.3 Å². The molecule has 2 aromatic rings. The van der Waals surface area contributed by atoms with Crippen LogP contribution in [0.25, 0.3) is 0 Å². The highest BCUT2D eigenvalue weighted by molar-refractivity contribution is 7.09. The van der Waals surface area contributed by atoms with Crippen molar-refractivity contribution in [3.63, 3.8) is 0 Å². The van der Waals surface area contributed by atoms with Gasteiger partial charge in [0.05, 0.1) is 10.7 Å². The summed E-state index contributed by atoms with van der Waals surface area (Å²) in [6.45, 7) is 7.04. The topological polar surface area (TPSA) is 65.4 Å². The van der Waals surface area contributed by atoms with E-state index in [4.69, 9.17) is 0 Å². The van der Waals surface area contributed by atoms with E-state index < -0.39 is 0 Å². The molecule has 2 aromatic heterocycles. The number of hydrogen-bond acceptors (Lipinski definition) is 5. The van der Waals surface area contributed by atoms with E-state index in [-0.39, 0.29) is 11.9 Å². The van der Waals surface area contributed by atoms with Crippen molar-refractivity contribution in [3.05, 3.63) is 40.2 Å². The molecule has 0 bridgehead atoms. The number of halogens is 1. The molecule has 8 heteroatoms. The number of nitrogens with one attached hydrogen (secondary N) is 2. The second-order valence-corrected chi connectivity index (χ2v) is 7.32. The van der Waals surface area contributed by atoms with Gasteiger partial charge in [0.15, 0.2) is 17.6 Å². The second-order valence-electron chi connectivity index (χ2n) is 6.25. The van der Waals surface area contributed by atoms with Crippen molar-refractivity contribution in [1.29, 1.82) is 0 Å². The molecule has 2 N–H and O–H groups in total. The van der Waals surface area contributed by atoms with Gasteiger partial charge >= 0.3 is 0 Å². The molecule has 0 saturated carbocycles. The van der Waals surface area contributed by atoms with Crippen molar-refractivity contribution in [2.24, 2.45) is 4.99 Å². The van der Waals surface area contributed by atoms with Crippen molar-refractivity contribution in [1.82, 2.24) is 20.6 Å². The van der Waals surface area contributed by atoms with Gasteiger partial charge in [0.2, 0.25) is 0 Å². The third-order valence-corrected chi connectivity index (χ3v) is 5.04. The molecule has 0 spiro atoms. The summed E-state index contributed by atoms with van der Waals surface area (Å²) in [7, 11) is 0. The summed E-state index contributed by atoms with van der Waals surface area (Å²) in [5.74, 6) is 0.956. The number of aliphatic imine (C=N–C) groups is 1. The van der Waals surface area contributed by atoms with Gasteiger partial charge in [-0.1, -0.05) is 0 Å². The first-order valence-electron chi connectivity index (χ1n) is 8.97. The molecular formula is C18H25FN6S. The largest absolute Gasteiger partial charge is 0.357 e. The maximum Gasteiger partial charge on any atom is 0.191 e. The van der Waals surface area contributed by atoms with Crippen LogP contribution in [-0.2, 0) is 6.42 Å². The Labute approximate surface area is 157 Å². The Balaban J connectivity index is 1.54. The van der Waals surface area contributed by atoms with Crippen LogP contribution >= 0.6 is 11.3 Å². The van der Waals surface area contributed by atoms with Gasteiger partial charge in [-0.2, -0.15) is 0 Å². The van der Waals surface area contributed by atoms with E-state index in [0.29, 0.717) is 18.9 Å². The number of anilines is 1. The first kappa shape index (κ1) is 18.6. The summed E-state index contributed by atoms with van der Waals surface area (Å²) in [4.78, 5) is 15.3. The fraction of sp³-hybridized carbons (Fsp3) is 0.500. The summed E-state index contributed by atoms with van der Waals surface area (Å²) in [6.07, 6.45) is 3.38. The lowest BCUT2D eigenvalue weighted by atomic mass is 10.3. The van der Waals surface area contributed by atoms with Crippen molar-refractivity contribution in [2.45, 2.75) is 32.7 Å². The number of nitrogens with zero attached hydrogens (tertiary/aromatic N) is 4. The molecule has 0 radical (unpaired) electrons. The molecule has 0 amide bonds. The Morgan fingerprint density at radius 1 is 1.50 bits per heavy atom. The van der Waals surface area contributed by atoms with Crippen LogP contribution in [0.4, 0.5) is 10.2 Å². The van der Waals surface area contributed by atoms with Gasteiger partial charge in [-0.05, 0) is 32.4 Å². The lowest BCUT2D eigenvalue weighted by molar-refractivity contribution is 0.612. The second kappa shape index (κ2) is 8.93.